The standard InChI is InChI=1S/C19H26ClN3O2/c1-14(20)18(24)21-15-7-8-17(22-9-3-2-4-10-22)16(13-15)19(25)23-11-5-6-12-23/h7-8,13-14H,2-6,9-12H2,1H3,(H,21,24)/t14-/m0/s1. The number of nitrogens with zero attached hydrogens (tertiary/aromatic N) is 2. The lowest BCUT2D eigenvalue weighted by molar-refractivity contribution is -0.115. The van der Waals surface area contributed by atoms with Gasteiger partial charge in [-0.3, -0.25) is 9.59 Å². The van der Waals surface area contributed by atoms with E-state index in [0.29, 0.717) is 11.3 Å². The molecule has 1 aromatic carbocycles. The highest BCUT2D eigenvalue weighted by Crippen LogP contribution is 2.29. The Balaban J connectivity index is 1.90. The van der Waals surface area contributed by atoms with Crippen LogP contribution in [0.25, 0.3) is 0 Å². The number of anilines is 2. The zero-order valence-electron chi connectivity index (χ0n) is 14.8. The lowest BCUT2D eigenvalue weighted by atomic mass is 10.1. The highest BCUT2D eigenvalue weighted by molar-refractivity contribution is 6.32. The Morgan fingerprint density at radius 1 is 1.04 bits per heavy atom. The van der Waals surface area contributed by atoms with E-state index >= 15 is 0 Å². The van der Waals surface area contributed by atoms with Crippen LogP contribution in [0.5, 0.6) is 0 Å². The fourth-order valence-corrected chi connectivity index (χ4v) is 3.58. The molecule has 1 atom stereocenters. The SMILES string of the molecule is C[C@H](Cl)C(=O)Nc1ccc(N2CCCCC2)c(C(=O)N2CCCC2)c1. The van der Waals surface area contributed by atoms with Crippen LogP contribution in [-0.4, -0.2) is 48.3 Å². The van der Waals surface area contributed by atoms with Crippen molar-refractivity contribution in [1.82, 2.24) is 4.90 Å². The number of piperidine rings is 1. The molecule has 1 aromatic rings. The largest absolute Gasteiger partial charge is 0.371 e. The van der Waals surface area contributed by atoms with Gasteiger partial charge in [0.05, 0.1) is 5.56 Å². The number of halogens is 1. The monoisotopic (exact) mass is 363 g/mol. The molecule has 5 nitrogen and oxygen atoms in total. The molecule has 0 radical (unpaired) electrons. The summed E-state index contributed by atoms with van der Waals surface area (Å²) in [5, 5.41) is 2.19. The molecule has 0 spiro atoms. The minimum Gasteiger partial charge on any atom is -0.371 e. The smallest absolute Gasteiger partial charge is 0.256 e. The lowest BCUT2D eigenvalue weighted by Gasteiger charge is -2.31. The summed E-state index contributed by atoms with van der Waals surface area (Å²) in [7, 11) is 0. The second-order valence-electron chi connectivity index (χ2n) is 6.88. The molecule has 2 fully saturated rings. The predicted octanol–water partition coefficient (Wildman–Crippen LogP) is 3.48. The van der Waals surface area contributed by atoms with Crippen molar-refractivity contribution >= 4 is 34.8 Å². The van der Waals surface area contributed by atoms with Gasteiger partial charge in [0, 0.05) is 37.6 Å². The van der Waals surface area contributed by atoms with Crippen molar-refractivity contribution < 1.29 is 9.59 Å². The Morgan fingerprint density at radius 2 is 1.68 bits per heavy atom. The van der Waals surface area contributed by atoms with Gasteiger partial charge in [-0.1, -0.05) is 0 Å². The topological polar surface area (TPSA) is 52.7 Å². The molecule has 0 bridgehead atoms. The van der Waals surface area contributed by atoms with Crippen LogP contribution < -0.4 is 10.2 Å². The normalized spacial score (nSPS) is 19.0. The number of nitrogens with one attached hydrogen (secondary N) is 1. The van der Waals surface area contributed by atoms with E-state index in [2.05, 4.69) is 10.2 Å². The molecule has 2 saturated heterocycles. The molecule has 25 heavy (non-hydrogen) atoms. The molecule has 3 rings (SSSR count). The molecular formula is C19H26ClN3O2. The summed E-state index contributed by atoms with van der Waals surface area (Å²) in [6.07, 6.45) is 5.67. The van der Waals surface area contributed by atoms with Crippen molar-refractivity contribution in [2.45, 2.75) is 44.4 Å². The summed E-state index contributed by atoms with van der Waals surface area (Å²) in [6.45, 7) is 5.21. The van der Waals surface area contributed by atoms with E-state index in [0.717, 1.165) is 57.5 Å². The number of carbonyl (C=O) groups excluding carboxylic acids is 2. The third-order valence-electron chi connectivity index (χ3n) is 4.95. The second-order valence-corrected chi connectivity index (χ2v) is 7.54. The summed E-state index contributed by atoms with van der Waals surface area (Å²) in [5.74, 6) is -0.194. The first-order chi connectivity index (χ1) is 12.1. The number of rotatable bonds is 4. The van der Waals surface area contributed by atoms with Gasteiger partial charge in [0.15, 0.2) is 0 Å². The third-order valence-corrected chi connectivity index (χ3v) is 5.14. The quantitative estimate of drug-likeness (QED) is 0.833. The van der Waals surface area contributed by atoms with Crippen molar-refractivity contribution in [3.8, 4) is 0 Å². The number of alkyl halides is 1. The van der Waals surface area contributed by atoms with Crippen LogP contribution in [-0.2, 0) is 4.79 Å². The van der Waals surface area contributed by atoms with Crippen molar-refractivity contribution in [2.24, 2.45) is 0 Å². The predicted molar refractivity (Wildman–Crippen MR) is 102 cm³/mol. The van der Waals surface area contributed by atoms with Crippen molar-refractivity contribution in [1.29, 1.82) is 0 Å². The van der Waals surface area contributed by atoms with E-state index in [1.54, 1.807) is 6.92 Å². The van der Waals surface area contributed by atoms with E-state index in [-0.39, 0.29) is 11.8 Å². The van der Waals surface area contributed by atoms with Gasteiger partial charge in [-0.2, -0.15) is 0 Å². The lowest BCUT2D eigenvalue weighted by Crippen LogP contribution is -2.34. The summed E-state index contributed by atoms with van der Waals surface area (Å²) in [5.41, 5.74) is 2.29. The maximum absolute atomic E-state index is 13.0. The summed E-state index contributed by atoms with van der Waals surface area (Å²) < 4.78 is 0. The molecule has 0 aliphatic carbocycles. The average molecular weight is 364 g/mol. The van der Waals surface area contributed by atoms with Gasteiger partial charge >= 0.3 is 0 Å². The Bertz CT molecular complexity index is 636. The van der Waals surface area contributed by atoms with Crippen LogP contribution in [0.4, 0.5) is 11.4 Å². The van der Waals surface area contributed by atoms with Gasteiger partial charge in [-0.25, -0.2) is 0 Å². The van der Waals surface area contributed by atoms with Gasteiger partial charge in [-0.05, 0) is 57.2 Å². The molecule has 2 amide bonds. The fourth-order valence-electron chi connectivity index (χ4n) is 3.53. The Labute approximate surface area is 154 Å². The van der Waals surface area contributed by atoms with E-state index in [9.17, 15) is 9.59 Å². The minimum atomic E-state index is -0.612. The van der Waals surface area contributed by atoms with Crippen LogP contribution >= 0.6 is 11.6 Å². The number of benzene rings is 1. The summed E-state index contributed by atoms with van der Waals surface area (Å²) in [4.78, 5) is 29.1. The van der Waals surface area contributed by atoms with Crippen molar-refractivity contribution in [3.63, 3.8) is 0 Å². The minimum absolute atomic E-state index is 0.0631. The molecular weight excluding hydrogens is 338 g/mol. The van der Waals surface area contributed by atoms with Crippen molar-refractivity contribution in [3.05, 3.63) is 23.8 Å². The van der Waals surface area contributed by atoms with Crippen LogP contribution in [0.2, 0.25) is 0 Å². The number of hydrogen-bond donors (Lipinski definition) is 1. The molecule has 6 heteroatoms. The average Bonchev–Trinajstić information content (AvgIpc) is 3.16. The van der Waals surface area contributed by atoms with Crippen LogP contribution in [0.1, 0.15) is 49.4 Å². The highest BCUT2D eigenvalue weighted by Gasteiger charge is 2.25. The summed E-state index contributed by atoms with van der Waals surface area (Å²) in [6, 6.07) is 5.63. The van der Waals surface area contributed by atoms with Crippen LogP contribution in [0, 0.1) is 0 Å². The Morgan fingerprint density at radius 3 is 2.32 bits per heavy atom. The second kappa shape index (κ2) is 8.09. The summed E-state index contributed by atoms with van der Waals surface area (Å²) >= 11 is 5.84. The molecule has 0 aromatic heterocycles. The van der Waals surface area contributed by atoms with Gasteiger partial charge in [0.2, 0.25) is 5.91 Å². The van der Waals surface area contributed by atoms with Gasteiger partial charge in [0.1, 0.15) is 5.38 Å². The first kappa shape index (κ1) is 18.1. The van der Waals surface area contributed by atoms with Gasteiger partial charge in [0.25, 0.3) is 5.91 Å². The highest BCUT2D eigenvalue weighted by atomic mass is 35.5. The number of likely N-dealkylation sites (tertiary alicyclic amines) is 1. The first-order valence-corrected chi connectivity index (χ1v) is 9.63. The van der Waals surface area contributed by atoms with Crippen LogP contribution in [0.3, 0.4) is 0 Å². The van der Waals surface area contributed by atoms with Crippen LogP contribution in [0.15, 0.2) is 18.2 Å². The molecule has 2 heterocycles. The molecule has 0 unspecified atom stereocenters. The zero-order chi connectivity index (χ0) is 17.8. The van der Waals surface area contributed by atoms with E-state index < -0.39 is 5.38 Å². The Kier molecular flexibility index (Phi) is 5.84. The molecule has 2 aliphatic heterocycles. The van der Waals surface area contributed by atoms with E-state index in [4.69, 9.17) is 11.6 Å². The van der Waals surface area contributed by atoms with Gasteiger partial charge < -0.3 is 15.1 Å². The molecule has 1 N–H and O–H groups in total. The molecule has 2 aliphatic rings. The maximum atomic E-state index is 13.0. The first-order valence-electron chi connectivity index (χ1n) is 9.19. The molecule has 0 saturated carbocycles. The maximum Gasteiger partial charge on any atom is 0.256 e. The number of carbonyl (C=O) groups is 2. The third kappa shape index (κ3) is 4.27. The van der Waals surface area contributed by atoms with E-state index in [1.807, 2.05) is 23.1 Å². The number of amides is 2. The zero-order valence-corrected chi connectivity index (χ0v) is 15.5. The van der Waals surface area contributed by atoms with Crippen molar-refractivity contribution in [2.75, 3.05) is 36.4 Å². The molecule has 136 valence electrons. The van der Waals surface area contributed by atoms with Gasteiger partial charge in [-0.15, -0.1) is 11.6 Å². The fraction of sp³-hybridized carbons (Fsp3) is 0.579. The number of hydrogen-bond acceptors (Lipinski definition) is 3. The Hall–Kier alpha value is -1.75. The van der Waals surface area contributed by atoms with E-state index in [1.165, 1.54) is 6.42 Å².